The first-order valence-corrected chi connectivity index (χ1v) is 11.9. The van der Waals surface area contributed by atoms with E-state index in [9.17, 15) is 0 Å². The summed E-state index contributed by atoms with van der Waals surface area (Å²) in [5.41, 5.74) is 3.56. The Kier molecular flexibility index (Phi) is 6.36. The Morgan fingerprint density at radius 2 is 1.89 bits per heavy atom. The Morgan fingerprint density at radius 3 is 2.63 bits per heavy atom. The summed E-state index contributed by atoms with van der Waals surface area (Å²) in [5, 5.41) is 4.69. The van der Waals surface area contributed by atoms with Crippen molar-refractivity contribution < 1.29 is 13.9 Å². The number of halogens is 1. The molecule has 0 bridgehead atoms. The number of furan rings is 1. The van der Waals surface area contributed by atoms with Crippen molar-refractivity contribution in [3.05, 3.63) is 95.0 Å². The van der Waals surface area contributed by atoms with Gasteiger partial charge in [-0.25, -0.2) is 0 Å². The van der Waals surface area contributed by atoms with Gasteiger partial charge in [-0.15, -0.1) is 0 Å². The highest BCUT2D eigenvalue weighted by atomic mass is 35.5. The smallest absolute Gasteiger partial charge is 0.174 e. The van der Waals surface area contributed by atoms with Crippen LogP contribution in [0.25, 0.3) is 11.3 Å². The molecule has 0 unspecified atom stereocenters. The second kappa shape index (κ2) is 9.60. The molecule has 2 atom stereocenters. The fraction of sp³-hybridized carbons (Fsp3) is 0.185. The Balaban J connectivity index is 1.64. The second-order valence-electron chi connectivity index (χ2n) is 8.15. The molecule has 3 heterocycles. The summed E-state index contributed by atoms with van der Waals surface area (Å²) in [4.78, 5) is 6.61. The molecule has 0 amide bonds. The van der Waals surface area contributed by atoms with E-state index in [4.69, 9.17) is 37.7 Å². The molecule has 4 aromatic rings. The summed E-state index contributed by atoms with van der Waals surface area (Å²) in [7, 11) is 3.25. The van der Waals surface area contributed by atoms with E-state index in [0.29, 0.717) is 21.6 Å². The highest BCUT2D eigenvalue weighted by Gasteiger charge is 2.43. The number of benzene rings is 2. The van der Waals surface area contributed by atoms with E-state index in [1.165, 1.54) is 0 Å². The van der Waals surface area contributed by atoms with E-state index in [1.54, 1.807) is 20.4 Å². The Morgan fingerprint density at radius 1 is 1.03 bits per heavy atom. The lowest BCUT2D eigenvalue weighted by Crippen LogP contribution is -2.29. The van der Waals surface area contributed by atoms with Crippen molar-refractivity contribution in [1.82, 2.24) is 10.3 Å². The third kappa shape index (κ3) is 4.22. The molecule has 8 heteroatoms. The van der Waals surface area contributed by atoms with Gasteiger partial charge in [0.2, 0.25) is 0 Å². The fourth-order valence-corrected chi connectivity index (χ4v) is 4.93. The van der Waals surface area contributed by atoms with E-state index in [-0.39, 0.29) is 12.1 Å². The van der Waals surface area contributed by atoms with Crippen LogP contribution in [-0.2, 0) is 0 Å². The van der Waals surface area contributed by atoms with Crippen LogP contribution in [0.4, 0.5) is 5.69 Å². The van der Waals surface area contributed by atoms with Gasteiger partial charge < -0.3 is 24.1 Å². The first-order chi connectivity index (χ1) is 17.0. The summed E-state index contributed by atoms with van der Waals surface area (Å²) < 4.78 is 17.6. The van der Waals surface area contributed by atoms with E-state index in [1.807, 2.05) is 78.6 Å². The van der Waals surface area contributed by atoms with Gasteiger partial charge >= 0.3 is 0 Å². The predicted octanol–water partition coefficient (Wildman–Crippen LogP) is 6.50. The lowest BCUT2D eigenvalue weighted by Gasteiger charge is -2.27. The Bertz CT molecular complexity index is 1380. The third-order valence-electron chi connectivity index (χ3n) is 6.20. The van der Waals surface area contributed by atoms with Gasteiger partial charge in [-0.2, -0.15) is 0 Å². The van der Waals surface area contributed by atoms with Crippen LogP contribution in [0, 0.1) is 6.92 Å². The average Bonchev–Trinajstić information content (AvgIpc) is 3.50. The minimum Gasteiger partial charge on any atom is -0.497 e. The molecule has 5 rings (SSSR count). The van der Waals surface area contributed by atoms with Crippen LogP contribution in [0.2, 0.25) is 5.02 Å². The zero-order valence-corrected chi connectivity index (χ0v) is 21.1. The van der Waals surface area contributed by atoms with Gasteiger partial charge in [-0.3, -0.25) is 4.98 Å². The van der Waals surface area contributed by atoms with Crippen LogP contribution in [0.5, 0.6) is 11.5 Å². The molecule has 1 N–H and O–H groups in total. The number of aromatic nitrogens is 1. The van der Waals surface area contributed by atoms with Gasteiger partial charge in [0.1, 0.15) is 29.1 Å². The fourth-order valence-electron chi connectivity index (χ4n) is 4.42. The van der Waals surface area contributed by atoms with E-state index in [2.05, 4.69) is 10.3 Å². The molecule has 1 fully saturated rings. The molecule has 2 aromatic heterocycles. The van der Waals surface area contributed by atoms with Gasteiger partial charge in [-0.05, 0) is 67.2 Å². The van der Waals surface area contributed by atoms with E-state index in [0.717, 1.165) is 34.0 Å². The van der Waals surface area contributed by atoms with Gasteiger partial charge in [0, 0.05) is 22.8 Å². The zero-order valence-electron chi connectivity index (χ0n) is 19.5. The van der Waals surface area contributed by atoms with Crippen molar-refractivity contribution in [3.8, 4) is 22.8 Å². The number of nitrogens with one attached hydrogen (secondary N) is 1. The second-order valence-corrected chi connectivity index (χ2v) is 8.94. The number of rotatable bonds is 6. The van der Waals surface area contributed by atoms with Gasteiger partial charge in [0.05, 0.1) is 31.6 Å². The number of ether oxygens (including phenoxy) is 2. The molecule has 6 nitrogen and oxygen atoms in total. The number of hydrogen-bond acceptors (Lipinski definition) is 5. The van der Waals surface area contributed by atoms with Crippen molar-refractivity contribution in [2.45, 2.75) is 19.0 Å². The van der Waals surface area contributed by atoms with Crippen molar-refractivity contribution in [1.29, 1.82) is 0 Å². The first-order valence-electron chi connectivity index (χ1n) is 11.1. The predicted molar refractivity (Wildman–Crippen MR) is 141 cm³/mol. The molecule has 35 heavy (non-hydrogen) atoms. The van der Waals surface area contributed by atoms with Crippen LogP contribution < -0.4 is 19.7 Å². The maximum absolute atomic E-state index is 6.47. The van der Waals surface area contributed by atoms with Crippen LogP contribution in [0.3, 0.4) is 0 Å². The summed E-state index contributed by atoms with van der Waals surface area (Å²) in [6, 6.07) is 20.7. The monoisotopic (exact) mass is 505 g/mol. The van der Waals surface area contributed by atoms with Gasteiger partial charge in [-0.1, -0.05) is 29.8 Å². The highest BCUT2D eigenvalue weighted by Crippen LogP contribution is 2.46. The number of methoxy groups -OCH3 is 2. The van der Waals surface area contributed by atoms with Crippen molar-refractivity contribution in [3.63, 3.8) is 0 Å². The molecular formula is C27H24ClN3O3S. The minimum atomic E-state index is -0.312. The lowest BCUT2D eigenvalue weighted by atomic mass is 10.0. The van der Waals surface area contributed by atoms with Crippen LogP contribution in [0.15, 0.2) is 77.3 Å². The van der Waals surface area contributed by atoms with Crippen LogP contribution in [0.1, 0.15) is 29.1 Å². The number of nitrogens with zero attached hydrogens (tertiary/aromatic N) is 2. The molecule has 0 spiro atoms. The Labute approximate surface area is 214 Å². The maximum atomic E-state index is 6.47. The topological polar surface area (TPSA) is 59.8 Å². The summed E-state index contributed by atoms with van der Waals surface area (Å²) >= 11 is 12.2. The number of anilines is 1. The van der Waals surface area contributed by atoms with Crippen molar-refractivity contribution in [2.75, 3.05) is 19.1 Å². The maximum Gasteiger partial charge on any atom is 0.174 e. The van der Waals surface area contributed by atoms with E-state index >= 15 is 0 Å². The quantitative estimate of drug-likeness (QED) is 0.300. The summed E-state index contributed by atoms with van der Waals surface area (Å²) in [6.45, 7) is 1.98. The molecule has 0 saturated carbocycles. The number of pyridine rings is 1. The van der Waals surface area contributed by atoms with Gasteiger partial charge in [0.25, 0.3) is 0 Å². The molecule has 1 aliphatic rings. The molecule has 1 aliphatic heterocycles. The SMILES string of the molecule is COc1ccc(N2C(=S)N[C@H](c3ccccn3)[C@H]2c2ccc(-c3cccc(Cl)c3C)o2)c(OC)c1. The largest absolute Gasteiger partial charge is 0.497 e. The van der Waals surface area contributed by atoms with Crippen LogP contribution in [-0.4, -0.2) is 24.3 Å². The molecule has 0 aliphatic carbocycles. The minimum absolute atomic E-state index is 0.241. The molecule has 2 aromatic carbocycles. The van der Waals surface area contributed by atoms with Crippen molar-refractivity contribution in [2.24, 2.45) is 0 Å². The van der Waals surface area contributed by atoms with Gasteiger partial charge in [0.15, 0.2) is 5.11 Å². The third-order valence-corrected chi connectivity index (χ3v) is 6.92. The summed E-state index contributed by atoms with van der Waals surface area (Å²) in [5.74, 6) is 2.80. The molecule has 1 saturated heterocycles. The number of hydrogen-bond donors (Lipinski definition) is 1. The normalized spacial score (nSPS) is 17.4. The number of thiocarbonyl (C=S) groups is 1. The summed E-state index contributed by atoms with van der Waals surface area (Å²) in [6.07, 6.45) is 1.77. The van der Waals surface area contributed by atoms with Crippen LogP contribution >= 0.6 is 23.8 Å². The lowest BCUT2D eigenvalue weighted by molar-refractivity contribution is 0.392. The standard InChI is InChI=1S/C27H24ClN3O3S/c1-16-18(7-6-8-19(16)28)22-12-13-23(34-22)26-25(20-9-4-5-14-29-20)30-27(35)31(26)21-11-10-17(32-2)15-24(21)33-3/h4-15,25-26H,1-3H3,(H,30,35)/t25-,26-/m1/s1. The van der Waals surface area contributed by atoms with Crippen molar-refractivity contribution >= 4 is 34.6 Å². The average molecular weight is 506 g/mol. The Hall–Kier alpha value is -3.55. The molecule has 0 radical (unpaired) electrons. The van der Waals surface area contributed by atoms with E-state index < -0.39 is 0 Å². The molecular weight excluding hydrogens is 482 g/mol. The molecule has 178 valence electrons. The zero-order chi connectivity index (χ0) is 24.5. The first kappa shape index (κ1) is 23.2. The highest BCUT2D eigenvalue weighted by molar-refractivity contribution is 7.80.